The van der Waals surface area contributed by atoms with Gasteiger partial charge in [-0.25, -0.2) is 14.8 Å². The Morgan fingerprint density at radius 2 is 1.85 bits per heavy atom. The molecule has 0 radical (unpaired) electrons. The summed E-state index contributed by atoms with van der Waals surface area (Å²) < 4.78 is 0. The lowest BCUT2D eigenvalue weighted by Gasteiger charge is -2.39. The first-order valence-electron chi connectivity index (χ1n) is 12.2. The molecule has 0 bridgehead atoms. The van der Waals surface area contributed by atoms with Gasteiger partial charge in [-0.1, -0.05) is 12.1 Å². The third kappa shape index (κ3) is 4.73. The Morgan fingerprint density at radius 1 is 1.00 bits per heavy atom. The average Bonchev–Trinajstić information content (AvgIpc) is 3.12. The quantitative estimate of drug-likeness (QED) is 0.599. The van der Waals surface area contributed by atoms with Gasteiger partial charge in [-0.3, -0.25) is 4.90 Å². The lowest BCUT2D eigenvalue weighted by atomic mass is 10.0. The van der Waals surface area contributed by atoms with Gasteiger partial charge in [-0.2, -0.15) is 0 Å². The summed E-state index contributed by atoms with van der Waals surface area (Å²) in [6, 6.07) is 13.1. The molecule has 0 spiro atoms. The molecule has 33 heavy (non-hydrogen) atoms. The highest BCUT2D eigenvalue weighted by molar-refractivity contribution is 5.82. The Morgan fingerprint density at radius 3 is 2.64 bits per heavy atom. The van der Waals surface area contributed by atoms with Crippen LogP contribution in [0.15, 0.2) is 36.4 Å². The maximum atomic E-state index is 7.22. The Kier molecular flexibility index (Phi) is 6.30. The van der Waals surface area contributed by atoms with Crippen LogP contribution in [0.5, 0.6) is 0 Å². The van der Waals surface area contributed by atoms with E-state index in [-0.39, 0.29) is 0 Å². The minimum absolute atomic E-state index is 0.614. The average molecular weight is 444 g/mol. The maximum Gasteiger partial charge on any atom is 0.189 e. The number of nitrogens with one attached hydrogen (secondary N) is 1. The zero-order valence-electron chi connectivity index (χ0n) is 19.7. The molecular weight excluding hydrogens is 410 g/mol. The molecule has 4 heterocycles. The van der Waals surface area contributed by atoms with Gasteiger partial charge in [0.05, 0.1) is 17.6 Å². The molecule has 2 aliphatic heterocycles. The second-order valence-electron chi connectivity index (χ2n) is 9.52. The van der Waals surface area contributed by atoms with Crippen LogP contribution in [0.3, 0.4) is 0 Å². The second kappa shape index (κ2) is 9.50. The van der Waals surface area contributed by atoms with Crippen molar-refractivity contribution in [1.82, 2.24) is 24.8 Å². The number of anilines is 1. The van der Waals surface area contributed by atoms with Gasteiger partial charge in [0, 0.05) is 38.3 Å². The van der Waals surface area contributed by atoms with Crippen molar-refractivity contribution in [1.29, 1.82) is 0 Å². The van der Waals surface area contributed by atoms with E-state index in [1.165, 1.54) is 38.9 Å². The molecule has 0 unspecified atom stereocenters. The summed E-state index contributed by atoms with van der Waals surface area (Å²) in [7, 11) is 0. The van der Waals surface area contributed by atoms with E-state index in [0.717, 1.165) is 54.0 Å². The van der Waals surface area contributed by atoms with Crippen LogP contribution in [0, 0.1) is 6.57 Å². The molecule has 2 fully saturated rings. The SMILES string of the molecule is [C-]#[N+]c1ccc2nc(-c3cccc(N4CCCN(C5CCN(C(C)C)CC5)CC4)n3)[nH]c2c1. The Bertz CT molecular complexity index is 1140. The molecule has 0 aliphatic carbocycles. The first-order valence-corrected chi connectivity index (χ1v) is 12.2. The molecule has 0 saturated carbocycles. The highest BCUT2D eigenvalue weighted by Crippen LogP contribution is 2.26. The molecule has 1 aromatic carbocycles. The molecule has 1 N–H and O–H groups in total. The largest absolute Gasteiger partial charge is 0.355 e. The van der Waals surface area contributed by atoms with Crippen LogP contribution in [0.1, 0.15) is 33.1 Å². The summed E-state index contributed by atoms with van der Waals surface area (Å²) in [6.07, 6.45) is 3.74. The van der Waals surface area contributed by atoms with Gasteiger partial charge in [-0.05, 0) is 70.5 Å². The number of imidazole rings is 1. The molecule has 2 saturated heterocycles. The number of hydrogen-bond donors (Lipinski definition) is 1. The molecule has 5 rings (SSSR count). The Balaban J connectivity index is 1.27. The van der Waals surface area contributed by atoms with Crippen LogP contribution in [0.25, 0.3) is 27.4 Å². The number of hydrogen-bond acceptors (Lipinski definition) is 5. The highest BCUT2D eigenvalue weighted by atomic mass is 15.3. The van der Waals surface area contributed by atoms with Gasteiger partial charge in [0.2, 0.25) is 0 Å². The van der Waals surface area contributed by atoms with Gasteiger partial charge in [0.1, 0.15) is 11.5 Å². The number of aromatic amines is 1. The molecule has 3 aromatic rings. The third-order valence-electron chi connectivity index (χ3n) is 7.17. The molecule has 172 valence electrons. The van der Waals surface area contributed by atoms with E-state index >= 15 is 0 Å². The molecular formula is C26H33N7. The lowest BCUT2D eigenvalue weighted by molar-refractivity contribution is 0.0965. The molecule has 0 atom stereocenters. The van der Waals surface area contributed by atoms with Crippen LogP contribution in [0.2, 0.25) is 0 Å². The van der Waals surface area contributed by atoms with E-state index in [0.29, 0.717) is 11.7 Å². The molecule has 7 nitrogen and oxygen atoms in total. The summed E-state index contributed by atoms with van der Waals surface area (Å²) in [5.41, 5.74) is 3.19. The van der Waals surface area contributed by atoms with Crippen LogP contribution in [0.4, 0.5) is 11.5 Å². The minimum atomic E-state index is 0.614. The van der Waals surface area contributed by atoms with Crippen molar-refractivity contribution in [3.05, 3.63) is 47.8 Å². The van der Waals surface area contributed by atoms with Crippen LogP contribution in [-0.4, -0.2) is 76.1 Å². The van der Waals surface area contributed by atoms with E-state index < -0.39 is 0 Å². The third-order valence-corrected chi connectivity index (χ3v) is 7.17. The number of rotatable bonds is 4. The molecule has 7 heteroatoms. The Hall–Kier alpha value is -2.95. The van der Waals surface area contributed by atoms with Crippen LogP contribution < -0.4 is 4.90 Å². The fourth-order valence-corrected chi connectivity index (χ4v) is 5.22. The van der Waals surface area contributed by atoms with E-state index in [1.54, 1.807) is 6.07 Å². The van der Waals surface area contributed by atoms with Crippen molar-refractivity contribution >= 4 is 22.5 Å². The van der Waals surface area contributed by atoms with Crippen molar-refractivity contribution in [2.75, 3.05) is 44.2 Å². The normalized spacial score (nSPS) is 19.2. The number of likely N-dealkylation sites (tertiary alicyclic amines) is 1. The van der Waals surface area contributed by atoms with E-state index in [2.05, 4.69) is 50.5 Å². The fourth-order valence-electron chi connectivity index (χ4n) is 5.22. The summed E-state index contributed by atoms with van der Waals surface area (Å²) in [6.45, 7) is 18.6. The van der Waals surface area contributed by atoms with Crippen LogP contribution >= 0.6 is 0 Å². The molecule has 2 aliphatic rings. The standard InChI is InChI=1S/C26H33N7/c1-19(2)31-14-10-21(11-15-31)32-12-5-13-33(17-16-32)25-7-4-6-23(28-25)26-29-22-9-8-20(27-3)18-24(22)30-26/h4,6-9,18-19,21H,5,10-17H2,1-2H3,(H,29,30). The maximum absolute atomic E-state index is 7.22. The van der Waals surface area contributed by atoms with Gasteiger partial charge >= 0.3 is 0 Å². The Labute approximate surface area is 196 Å². The number of nitrogens with zero attached hydrogens (tertiary/aromatic N) is 6. The fraction of sp³-hybridized carbons (Fsp3) is 0.500. The highest BCUT2D eigenvalue weighted by Gasteiger charge is 2.27. The summed E-state index contributed by atoms with van der Waals surface area (Å²) in [5.74, 6) is 1.77. The monoisotopic (exact) mass is 443 g/mol. The first-order chi connectivity index (χ1) is 16.1. The molecule has 2 aromatic heterocycles. The number of H-pyrrole nitrogens is 1. The predicted molar refractivity (Wildman–Crippen MR) is 134 cm³/mol. The lowest BCUT2D eigenvalue weighted by Crippen LogP contribution is -2.47. The van der Waals surface area contributed by atoms with Gasteiger partial charge in [-0.15, -0.1) is 0 Å². The summed E-state index contributed by atoms with van der Waals surface area (Å²) in [4.78, 5) is 24.3. The van der Waals surface area contributed by atoms with Gasteiger partial charge < -0.3 is 14.8 Å². The summed E-state index contributed by atoms with van der Waals surface area (Å²) >= 11 is 0. The van der Waals surface area contributed by atoms with Crippen molar-refractivity contribution in [2.24, 2.45) is 0 Å². The van der Waals surface area contributed by atoms with Crippen molar-refractivity contribution < 1.29 is 0 Å². The predicted octanol–water partition coefficient (Wildman–Crippen LogP) is 4.56. The smallest absolute Gasteiger partial charge is 0.189 e. The van der Waals surface area contributed by atoms with Crippen molar-refractivity contribution in [3.8, 4) is 11.5 Å². The summed E-state index contributed by atoms with van der Waals surface area (Å²) in [5, 5.41) is 0. The zero-order valence-corrected chi connectivity index (χ0v) is 19.7. The van der Waals surface area contributed by atoms with Gasteiger partial charge in [0.25, 0.3) is 0 Å². The van der Waals surface area contributed by atoms with Gasteiger partial charge in [0.15, 0.2) is 11.5 Å². The molecule has 0 amide bonds. The minimum Gasteiger partial charge on any atom is -0.355 e. The van der Waals surface area contributed by atoms with Crippen molar-refractivity contribution in [2.45, 2.75) is 45.2 Å². The van der Waals surface area contributed by atoms with E-state index in [4.69, 9.17) is 16.5 Å². The van der Waals surface area contributed by atoms with Crippen molar-refractivity contribution in [3.63, 3.8) is 0 Å². The first kappa shape index (κ1) is 21.9. The second-order valence-corrected chi connectivity index (χ2v) is 9.52. The number of fused-ring (bicyclic) bond motifs is 1. The van der Waals surface area contributed by atoms with Crippen LogP contribution in [-0.2, 0) is 0 Å². The number of aromatic nitrogens is 3. The number of piperidine rings is 1. The number of benzene rings is 1. The van der Waals surface area contributed by atoms with E-state index in [9.17, 15) is 0 Å². The van der Waals surface area contributed by atoms with E-state index in [1.807, 2.05) is 18.2 Å². The topological polar surface area (TPSA) is 55.7 Å². The number of pyridine rings is 1. The zero-order chi connectivity index (χ0) is 22.8.